The Balaban J connectivity index is 2.25. The summed E-state index contributed by atoms with van der Waals surface area (Å²) in [6, 6.07) is 9.91. The Morgan fingerprint density at radius 3 is 2.47 bits per heavy atom. The van der Waals surface area contributed by atoms with Gasteiger partial charge >= 0.3 is 0 Å². The zero-order valence-electron chi connectivity index (χ0n) is 10.1. The normalized spacial score (nSPS) is 10.0. The molecule has 0 aromatic heterocycles. The third kappa shape index (κ3) is 2.98. The van der Waals surface area contributed by atoms with Crippen LogP contribution in [0.15, 0.2) is 42.5 Å². The SMILES string of the molecule is COc1ccc(F)cc1Nc1ccc([N+](=O)[O-])cc1. The van der Waals surface area contributed by atoms with E-state index in [0.29, 0.717) is 17.1 Å². The number of nitrogens with one attached hydrogen (secondary N) is 1. The first-order valence-electron chi connectivity index (χ1n) is 5.45. The first-order chi connectivity index (χ1) is 9.10. The fourth-order valence-electron chi connectivity index (χ4n) is 1.60. The van der Waals surface area contributed by atoms with Gasteiger partial charge in [0.05, 0.1) is 17.7 Å². The standard InChI is InChI=1S/C13H11FN2O3/c1-19-13-7-2-9(14)8-12(13)15-10-3-5-11(6-4-10)16(17)18/h2-8,15H,1H3. The Morgan fingerprint density at radius 1 is 1.21 bits per heavy atom. The van der Waals surface area contributed by atoms with Crippen LogP contribution in [0.4, 0.5) is 21.5 Å². The number of benzene rings is 2. The summed E-state index contributed by atoms with van der Waals surface area (Å²) in [6.07, 6.45) is 0. The van der Waals surface area contributed by atoms with Crippen LogP contribution < -0.4 is 10.1 Å². The van der Waals surface area contributed by atoms with E-state index in [1.165, 1.54) is 37.4 Å². The Bertz CT molecular complexity index is 599. The van der Waals surface area contributed by atoms with Crippen LogP contribution in [0, 0.1) is 15.9 Å². The monoisotopic (exact) mass is 262 g/mol. The van der Waals surface area contributed by atoms with E-state index in [9.17, 15) is 14.5 Å². The lowest BCUT2D eigenvalue weighted by Gasteiger charge is -2.11. The molecule has 0 unspecified atom stereocenters. The molecule has 0 fully saturated rings. The summed E-state index contributed by atoms with van der Waals surface area (Å²) in [7, 11) is 1.48. The van der Waals surface area contributed by atoms with Crippen molar-refractivity contribution in [1.29, 1.82) is 0 Å². The molecule has 98 valence electrons. The first kappa shape index (κ1) is 12.8. The lowest BCUT2D eigenvalue weighted by atomic mass is 10.2. The van der Waals surface area contributed by atoms with Gasteiger partial charge in [-0.1, -0.05) is 0 Å². The summed E-state index contributed by atoms with van der Waals surface area (Å²) in [5.41, 5.74) is 1.06. The summed E-state index contributed by atoms with van der Waals surface area (Å²) < 4.78 is 18.3. The average molecular weight is 262 g/mol. The average Bonchev–Trinajstić information content (AvgIpc) is 2.39. The minimum absolute atomic E-state index is 0.00300. The molecule has 0 aliphatic rings. The second-order valence-corrected chi connectivity index (χ2v) is 3.77. The van der Waals surface area contributed by atoms with Crippen molar-refractivity contribution in [2.24, 2.45) is 0 Å². The van der Waals surface area contributed by atoms with Gasteiger partial charge in [0.15, 0.2) is 0 Å². The Hall–Kier alpha value is -2.63. The molecule has 0 heterocycles. The molecule has 0 radical (unpaired) electrons. The van der Waals surface area contributed by atoms with Gasteiger partial charge in [0, 0.05) is 23.9 Å². The summed E-state index contributed by atoms with van der Waals surface area (Å²) in [4.78, 5) is 10.1. The number of ether oxygens (including phenoxy) is 1. The van der Waals surface area contributed by atoms with E-state index >= 15 is 0 Å². The molecule has 0 amide bonds. The molecular weight excluding hydrogens is 251 g/mol. The number of hydrogen-bond acceptors (Lipinski definition) is 4. The van der Waals surface area contributed by atoms with E-state index in [1.54, 1.807) is 12.1 Å². The topological polar surface area (TPSA) is 64.4 Å². The van der Waals surface area contributed by atoms with Crippen molar-refractivity contribution >= 4 is 17.1 Å². The Labute approximate surface area is 108 Å². The lowest BCUT2D eigenvalue weighted by molar-refractivity contribution is -0.384. The maximum Gasteiger partial charge on any atom is 0.269 e. The number of nitro groups is 1. The largest absolute Gasteiger partial charge is 0.495 e. The van der Waals surface area contributed by atoms with Crippen LogP contribution in [0.2, 0.25) is 0 Å². The van der Waals surface area contributed by atoms with Gasteiger partial charge in [0.1, 0.15) is 11.6 Å². The molecule has 6 heteroatoms. The second kappa shape index (κ2) is 5.34. The molecule has 0 aliphatic heterocycles. The van der Waals surface area contributed by atoms with Crippen LogP contribution in [0.1, 0.15) is 0 Å². The quantitative estimate of drug-likeness (QED) is 0.676. The van der Waals surface area contributed by atoms with Crippen molar-refractivity contribution in [3.63, 3.8) is 0 Å². The Morgan fingerprint density at radius 2 is 1.89 bits per heavy atom. The van der Waals surface area contributed by atoms with Crippen molar-refractivity contribution in [2.75, 3.05) is 12.4 Å². The van der Waals surface area contributed by atoms with Crippen LogP contribution >= 0.6 is 0 Å². The molecule has 0 spiro atoms. The van der Waals surface area contributed by atoms with Gasteiger partial charge in [-0.05, 0) is 24.3 Å². The van der Waals surface area contributed by atoms with Gasteiger partial charge in [-0.2, -0.15) is 0 Å². The molecule has 0 saturated heterocycles. The van der Waals surface area contributed by atoms with Crippen molar-refractivity contribution in [3.05, 3.63) is 58.4 Å². The number of nitrogens with zero attached hydrogens (tertiary/aromatic N) is 1. The van der Waals surface area contributed by atoms with Crippen molar-refractivity contribution in [2.45, 2.75) is 0 Å². The number of anilines is 2. The number of nitro benzene ring substituents is 1. The zero-order chi connectivity index (χ0) is 13.8. The summed E-state index contributed by atoms with van der Waals surface area (Å²) in [5.74, 6) is 0.0879. The minimum atomic E-state index is -0.480. The zero-order valence-corrected chi connectivity index (χ0v) is 10.1. The highest BCUT2D eigenvalue weighted by Gasteiger charge is 2.07. The lowest BCUT2D eigenvalue weighted by Crippen LogP contribution is -1.96. The highest BCUT2D eigenvalue weighted by atomic mass is 19.1. The smallest absolute Gasteiger partial charge is 0.269 e. The van der Waals surface area contributed by atoms with Crippen molar-refractivity contribution in [1.82, 2.24) is 0 Å². The fraction of sp³-hybridized carbons (Fsp3) is 0.0769. The van der Waals surface area contributed by atoms with Crippen LogP contribution in [0.5, 0.6) is 5.75 Å². The molecule has 0 atom stereocenters. The molecule has 0 bridgehead atoms. The number of rotatable bonds is 4. The highest BCUT2D eigenvalue weighted by molar-refractivity contribution is 5.67. The Kier molecular flexibility index (Phi) is 3.61. The summed E-state index contributed by atoms with van der Waals surface area (Å²) >= 11 is 0. The second-order valence-electron chi connectivity index (χ2n) is 3.77. The van der Waals surface area contributed by atoms with Crippen molar-refractivity contribution in [3.8, 4) is 5.75 Å². The summed E-state index contributed by atoms with van der Waals surface area (Å²) in [5, 5.41) is 13.5. The van der Waals surface area contributed by atoms with Crippen LogP contribution in [0.25, 0.3) is 0 Å². The number of halogens is 1. The molecule has 1 N–H and O–H groups in total. The predicted octanol–water partition coefficient (Wildman–Crippen LogP) is 3.49. The maximum atomic E-state index is 13.2. The van der Waals surface area contributed by atoms with Gasteiger partial charge < -0.3 is 10.1 Å². The first-order valence-corrected chi connectivity index (χ1v) is 5.45. The predicted molar refractivity (Wildman–Crippen MR) is 69.3 cm³/mol. The van der Waals surface area contributed by atoms with E-state index in [1.807, 2.05) is 0 Å². The minimum Gasteiger partial charge on any atom is -0.495 e. The maximum absolute atomic E-state index is 13.2. The van der Waals surface area contributed by atoms with E-state index in [0.717, 1.165) is 0 Å². The number of hydrogen-bond donors (Lipinski definition) is 1. The van der Waals surface area contributed by atoms with E-state index in [4.69, 9.17) is 4.74 Å². The van der Waals surface area contributed by atoms with Gasteiger partial charge in [0.2, 0.25) is 0 Å². The molecule has 2 rings (SSSR count). The molecule has 2 aromatic carbocycles. The number of non-ortho nitro benzene ring substituents is 1. The molecule has 19 heavy (non-hydrogen) atoms. The van der Waals surface area contributed by atoms with Crippen LogP contribution in [0.3, 0.4) is 0 Å². The van der Waals surface area contributed by atoms with Gasteiger partial charge in [0.25, 0.3) is 5.69 Å². The van der Waals surface area contributed by atoms with Crippen molar-refractivity contribution < 1.29 is 14.1 Å². The molecule has 5 nitrogen and oxygen atoms in total. The fourth-order valence-corrected chi connectivity index (χ4v) is 1.60. The van der Waals surface area contributed by atoms with Crippen LogP contribution in [-0.4, -0.2) is 12.0 Å². The number of methoxy groups -OCH3 is 1. The molecule has 2 aromatic rings. The van der Waals surface area contributed by atoms with Gasteiger partial charge in [-0.15, -0.1) is 0 Å². The van der Waals surface area contributed by atoms with Gasteiger partial charge in [-0.3, -0.25) is 10.1 Å². The molecule has 0 saturated carbocycles. The van der Waals surface area contributed by atoms with E-state index in [-0.39, 0.29) is 5.69 Å². The highest BCUT2D eigenvalue weighted by Crippen LogP contribution is 2.28. The summed E-state index contributed by atoms with van der Waals surface area (Å²) in [6.45, 7) is 0. The third-order valence-corrected chi connectivity index (χ3v) is 2.52. The third-order valence-electron chi connectivity index (χ3n) is 2.52. The van der Waals surface area contributed by atoms with E-state index < -0.39 is 10.7 Å². The molecule has 0 aliphatic carbocycles. The van der Waals surface area contributed by atoms with Crippen LogP contribution in [-0.2, 0) is 0 Å². The van der Waals surface area contributed by atoms with E-state index in [2.05, 4.69) is 5.32 Å². The molecular formula is C13H11FN2O3. The van der Waals surface area contributed by atoms with Gasteiger partial charge in [-0.25, -0.2) is 4.39 Å².